The first-order chi connectivity index (χ1) is 10.9. The van der Waals surface area contributed by atoms with E-state index in [-0.39, 0.29) is 18.5 Å². The average molecular weight is 358 g/mol. The van der Waals surface area contributed by atoms with E-state index in [1.165, 1.54) is 0 Å². The summed E-state index contributed by atoms with van der Waals surface area (Å²) in [7, 11) is 0. The minimum atomic E-state index is -0.466. The monoisotopic (exact) mass is 357 g/mol. The maximum absolute atomic E-state index is 11.8. The van der Waals surface area contributed by atoms with Crippen LogP contribution in [0.15, 0.2) is 0 Å². The van der Waals surface area contributed by atoms with E-state index in [0.29, 0.717) is 5.11 Å². The van der Waals surface area contributed by atoms with Crippen molar-refractivity contribution in [3.8, 4) is 0 Å². The Morgan fingerprint density at radius 3 is 2.70 bits per heavy atom. The lowest BCUT2D eigenvalue weighted by Gasteiger charge is -2.55. The van der Waals surface area contributed by atoms with Gasteiger partial charge in [-0.2, -0.15) is 0 Å². The number of rotatable bonds is 4. The molecule has 8 heteroatoms. The van der Waals surface area contributed by atoms with Gasteiger partial charge in [-0.3, -0.25) is 4.79 Å². The normalized spacial score (nSPS) is 28.1. The minimum Gasteiger partial charge on any atom is -0.349 e. The molecule has 2 saturated heterocycles. The Morgan fingerprint density at radius 2 is 2.17 bits per heavy atom. The number of nitrogens with one attached hydrogen (secondary N) is 2. The fraction of sp³-hybridized carbons (Fsp3) is 0.800. The fourth-order valence-electron chi connectivity index (χ4n) is 3.35. The van der Waals surface area contributed by atoms with Gasteiger partial charge < -0.3 is 25.3 Å². The standard InChI is InChI=1S/C15H27N5OS2/c1-5-8-18(6-2)14(23)19-9-7-16-11(3)15(19,4)20-10-12(21)17-13(20)22/h11,16H,5-10H2,1-4H3,(H,17,21,22). The second-order valence-corrected chi connectivity index (χ2v) is 6.98. The third-order valence-corrected chi connectivity index (χ3v) is 5.67. The van der Waals surface area contributed by atoms with Gasteiger partial charge in [-0.1, -0.05) is 6.92 Å². The van der Waals surface area contributed by atoms with Crippen LogP contribution in [0.2, 0.25) is 0 Å². The minimum absolute atomic E-state index is 0.0548. The van der Waals surface area contributed by atoms with Crippen molar-refractivity contribution < 1.29 is 4.79 Å². The molecule has 2 fully saturated rings. The molecule has 0 bridgehead atoms. The van der Waals surface area contributed by atoms with Crippen LogP contribution >= 0.6 is 24.4 Å². The summed E-state index contributed by atoms with van der Waals surface area (Å²) in [6, 6.07) is 0.125. The molecule has 2 N–H and O–H groups in total. The van der Waals surface area contributed by atoms with Crippen LogP contribution in [0.25, 0.3) is 0 Å². The van der Waals surface area contributed by atoms with E-state index in [9.17, 15) is 4.79 Å². The van der Waals surface area contributed by atoms with Crippen LogP contribution in [0.4, 0.5) is 0 Å². The molecule has 0 aromatic rings. The zero-order valence-corrected chi connectivity index (χ0v) is 16.0. The molecule has 2 unspecified atom stereocenters. The zero-order valence-electron chi connectivity index (χ0n) is 14.4. The van der Waals surface area contributed by atoms with Crippen LogP contribution in [0.3, 0.4) is 0 Å². The van der Waals surface area contributed by atoms with Gasteiger partial charge in [0, 0.05) is 32.2 Å². The van der Waals surface area contributed by atoms with Gasteiger partial charge in [0.1, 0.15) is 12.2 Å². The highest BCUT2D eigenvalue weighted by Gasteiger charge is 2.50. The Balaban J connectivity index is 2.33. The summed E-state index contributed by atoms with van der Waals surface area (Å²) in [5.74, 6) is -0.0548. The average Bonchev–Trinajstić information content (AvgIpc) is 2.86. The number of amides is 1. The largest absolute Gasteiger partial charge is 0.349 e. The van der Waals surface area contributed by atoms with Gasteiger partial charge in [0.25, 0.3) is 0 Å². The summed E-state index contributed by atoms with van der Waals surface area (Å²) < 4.78 is 0. The van der Waals surface area contributed by atoms with E-state index in [1.54, 1.807) is 0 Å². The van der Waals surface area contributed by atoms with Gasteiger partial charge in [-0.25, -0.2) is 0 Å². The third-order valence-electron chi connectivity index (χ3n) is 4.87. The maximum Gasteiger partial charge on any atom is 0.245 e. The summed E-state index contributed by atoms with van der Waals surface area (Å²) in [4.78, 5) is 18.2. The lowest BCUT2D eigenvalue weighted by atomic mass is 9.97. The summed E-state index contributed by atoms with van der Waals surface area (Å²) in [5.41, 5.74) is -0.466. The second kappa shape index (κ2) is 7.27. The van der Waals surface area contributed by atoms with Crippen molar-refractivity contribution in [1.29, 1.82) is 0 Å². The van der Waals surface area contributed by atoms with E-state index in [0.717, 1.165) is 37.7 Å². The molecule has 2 atom stereocenters. The van der Waals surface area contributed by atoms with Gasteiger partial charge >= 0.3 is 0 Å². The highest BCUT2D eigenvalue weighted by molar-refractivity contribution is 7.80. The number of thiocarbonyl (C=S) groups is 2. The van der Waals surface area contributed by atoms with Gasteiger partial charge in [0.2, 0.25) is 5.91 Å². The number of piperazine rings is 1. The van der Waals surface area contributed by atoms with Crippen molar-refractivity contribution in [1.82, 2.24) is 25.3 Å². The van der Waals surface area contributed by atoms with Crippen molar-refractivity contribution in [3.63, 3.8) is 0 Å². The Bertz CT molecular complexity index is 500. The van der Waals surface area contributed by atoms with Gasteiger partial charge in [-0.15, -0.1) is 0 Å². The topological polar surface area (TPSA) is 50.9 Å². The quantitative estimate of drug-likeness (QED) is 0.720. The first-order valence-corrected chi connectivity index (χ1v) is 9.09. The van der Waals surface area contributed by atoms with E-state index in [4.69, 9.17) is 24.4 Å². The molecule has 0 aromatic carbocycles. The van der Waals surface area contributed by atoms with Crippen molar-refractivity contribution in [2.75, 3.05) is 32.7 Å². The molecule has 2 heterocycles. The third kappa shape index (κ3) is 3.29. The molecular weight excluding hydrogens is 330 g/mol. The van der Waals surface area contributed by atoms with Gasteiger partial charge in [0.05, 0.1) is 0 Å². The predicted octanol–water partition coefficient (Wildman–Crippen LogP) is 0.730. The van der Waals surface area contributed by atoms with Gasteiger partial charge in [0.15, 0.2) is 10.2 Å². The first kappa shape index (κ1) is 18.4. The SMILES string of the molecule is CCCN(CC)C(=S)N1CCNC(C)C1(C)N1CC(=O)NC1=S. The molecule has 0 radical (unpaired) electrons. The summed E-state index contributed by atoms with van der Waals surface area (Å²) >= 11 is 11.2. The Morgan fingerprint density at radius 1 is 1.48 bits per heavy atom. The van der Waals surface area contributed by atoms with Crippen LogP contribution in [0.1, 0.15) is 34.1 Å². The molecule has 23 heavy (non-hydrogen) atoms. The van der Waals surface area contributed by atoms with E-state index in [2.05, 4.69) is 48.1 Å². The van der Waals surface area contributed by atoms with Gasteiger partial charge in [-0.05, 0) is 51.6 Å². The van der Waals surface area contributed by atoms with E-state index >= 15 is 0 Å². The molecule has 0 spiro atoms. The summed E-state index contributed by atoms with van der Waals surface area (Å²) in [6.45, 7) is 12.3. The first-order valence-electron chi connectivity index (χ1n) is 8.27. The Labute approximate surface area is 149 Å². The lowest BCUT2D eigenvalue weighted by Crippen LogP contribution is -2.74. The number of carbonyl (C=O) groups excluding carboxylic acids is 1. The van der Waals surface area contributed by atoms with Crippen LogP contribution in [-0.4, -0.2) is 75.3 Å². The van der Waals surface area contributed by atoms with Crippen molar-refractivity contribution in [2.45, 2.75) is 45.8 Å². The maximum atomic E-state index is 11.8. The molecule has 2 aliphatic rings. The summed E-state index contributed by atoms with van der Waals surface area (Å²) in [5, 5.41) is 7.57. The Kier molecular flexibility index (Phi) is 5.80. The molecular formula is C15H27N5OS2. The van der Waals surface area contributed by atoms with Crippen LogP contribution < -0.4 is 10.6 Å². The molecule has 2 rings (SSSR count). The highest BCUT2D eigenvalue weighted by atomic mass is 32.1. The molecule has 1 amide bonds. The van der Waals surface area contributed by atoms with Crippen LogP contribution in [-0.2, 0) is 4.79 Å². The molecule has 0 saturated carbocycles. The number of hydrogen-bond donors (Lipinski definition) is 2. The smallest absolute Gasteiger partial charge is 0.245 e. The van der Waals surface area contributed by atoms with Crippen molar-refractivity contribution in [2.24, 2.45) is 0 Å². The van der Waals surface area contributed by atoms with Crippen LogP contribution in [0, 0.1) is 0 Å². The van der Waals surface area contributed by atoms with E-state index < -0.39 is 5.66 Å². The summed E-state index contributed by atoms with van der Waals surface area (Å²) in [6.07, 6.45) is 1.05. The number of hydrogen-bond acceptors (Lipinski definition) is 4. The number of carbonyl (C=O) groups is 1. The van der Waals surface area contributed by atoms with E-state index in [1.807, 2.05) is 4.90 Å². The molecule has 0 aliphatic carbocycles. The zero-order chi connectivity index (χ0) is 17.2. The molecule has 130 valence electrons. The highest BCUT2D eigenvalue weighted by Crippen LogP contribution is 2.30. The Hall–Kier alpha value is -0.990. The van der Waals surface area contributed by atoms with Crippen molar-refractivity contribution >= 4 is 40.6 Å². The molecule has 6 nitrogen and oxygen atoms in total. The van der Waals surface area contributed by atoms with Crippen molar-refractivity contribution in [3.05, 3.63) is 0 Å². The molecule has 0 aromatic heterocycles. The van der Waals surface area contributed by atoms with Crippen LogP contribution in [0.5, 0.6) is 0 Å². The fourth-order valence-corrected chi connectivity index (χ4v) is 4.21. The lowest BCUT2D eigenvalue weighted by molar-refractivity contribution is -0.120. The predicted molar refractivity (Wildman–Crippen MR) is 100 cm³/mol. The molecule has 2 aliphatic heterocycles. The second-order valence-electron chi connectivity index (χ2n) is 6.22. The number of nitrogens with zero attached hydrogens (tertiary/aromatic N) is 3.